The van der Waals surface area contributed by atoms with Gasteiger partial charge in [-0.05, 0) is 54.2 Å². The number of carbonyl (C=O) groups is 1. The molecule has 0 saturated carbocycles. The van der Waals surface area contributed by atoms with Gasteiger partial charge in [-0.2, -0.15) is 0 Å². The van der Waals surface area contributed by atoms with Gasteiger partial charge in [-0.25, -0.2) is 9.38 Å². The highest BCUT2D eigenvalue weighted by atomic mass is 35.5. The molecule has 0 spiro atoms. The maximum Gasteiger partial charge on any atom is 0.288 e. The SMILES string of the molecule is O=C1NC(=Nc2ccc(F)cc2)S/C1=C/c1ccc(-c2cc([N+](=O)[O-])c(Cl)cc2Cl)o1. The third-order valence-corrected chi connectivity index (χ3v) is 5.63. The van der Waals surface area contributed by atoms with Gasteiger partial charge in [-0.15, -0.1) is 0 Å². The number of amides is 1. The molecule has 7 nitrogen and oxygen atoms in total. The first-order valence-electron chi connectivity index (χ1n) is 8.59. The number of halogens is 3. The minimum atomic E-state index is -0.616. The summed E-state index contributed by atoms with van der Waals surface area (Å²) in [5.41, 5.74) is 0.485. The van der Waals surface area contributed by atoms with Gasteiger partial charge in [0.2, 0.25) is 0 Å². The van der Waals surface area contributed by atoms with E-state index in [1.165, 1.54) is 42.5 Å². The van der Waals surface area contributed by atoms with Crippen LogP contribution in [0.3, 0.4) is 0 Å². The molecule has 31 heavy (non-hydrogen) atoms. The van der Waals surface area contributed by atoms with E-state index in [-0.39, 0.29) is 33.2 Å². The van der Waals surface area contributed by atoms with Crippen LogP contribution < -0.4 is 5.32 Å². The minimum Gasteiger partial charge on any atom is -0.457 e. The first-order valence-corrected chi connectivity index (χ1v) is 10.2. The van der Waals surface area contributed by atoms with Crippen molar-refractivity contribution in [1.82, 2.24) is 5.32 Å². The highest BCUT2D eigenvalue weighted by Crippen LogP contribution is 2.38. The highest BCUT2D eigenvalue weighted by molar-refractivity contribution is 8.18. The van der Waals surface area contributed by atoms with Crippen molar-refractivity contribution in [3.8, 4) is 11.3 Å². The molecule has 0 aliphatic carbocycles. The molecular formula is C20H10Cl2FN3O4S. The number of nitrogens with one attached hydrogen (secondary N) is 1. The van der Waals surface area contributed by atoms with E-state index in [4.69, 9.17) is 27.6 Å². The Hall–Kier alpha value is -3.14. The molecule has 0 radical (unpaired) electrons. The number of furan rings is 1. The van der Waals surface area contributed by atoms with Crippen molar-refractivity contribution in [2.24, 2.45) is 4.99 Å². The predicted molar refractivity (Wildman–Crippen MR) is 118 cm³/mol. The van der Waals surface area contributed by atoms with Gasteiger partial charge in [0.05, 0.1) is 20.5 Å². The van der Waals surface area contributed by atoms with Gasteiger partial charge < -0.3 is 9.73 Å². The van der Waals surface area contributed by atoms with Crippen molar-refractivity contribution in [3.63, 3.8) is 0 Å². The molecule has 1 aliphatic heterocycles. The lowest BCUT2D eigenvalue weighted by Gasteiger charge is -2.02. The zero-order valence-corrected chi connectivity index (χ0v) is 17.6. The van der Waals surface area contributed by atoms with Crippen LogP contribution in [0, 0.1) is 15.9 Å². The Morgan fingerprint density at radius 1 is 1.13 bits per heavy atom. The van der Waals surface area contributed by atoms with Crippen molar-refractivity contribution < 1.29 is 18.5 Å². The lowest BCUT2D eigenvalue weighted by atomic mass is 10.1. The second-order valence-electron chi connectivity index (χ2n) is 6.20. The number of rotatable bonds is 4. The number of thioether (sulfide) groups is 1. The maximum atomic E-state index is 13.0. The summed E-state index contributed by atoms with van der Waals surface area (Å²) in [6.07, 6.45) is 1.51. The molecule has 4 rings (SSSR count). The summed E-state index contributed by atoms with van der Waals surface area (Å²) in [4.78, 5) is 27.3. The average Bonchev–Trinajstić information content (AvgIpc) is 3.30. The molecule has 0 bridgehead atoms. The number of carbonyl (C=O) groups excluding carboxylic acids is 1. The van der Waals surface area contributed by atoms with Gasteiger partial charge in [0.1, 0.15) is 22.4 Å². The predicted octanol–water partition coefficient (Wildman–Crippen LogP) is 6.19. The molecule has 1 aromatic heterocycles. The first-order chi connectivity index (χ1) is 14.8. The second-order valence-corrected chi connectivity index (χ2v) is 8.05. The summed E-state index contributed by atoms with van der Waals surface area (Å²) in [5.74, 6) is -0.138. The molecule has 1 aliphatic rings. The van der Waals surface area contributed by atoms with E-state index >= 15 is 0 Å². The smallest absolute Gasteiger partial charge is 0.288 e. The van der Waals surface area contributed by atoms with Crippen molar-refractivity contribution in [2.75, 3.05) is 0 Å². The van der Waals surface area contributed by atoms with E-state index in [2.05, 4.69) is 10.3 Å². The van der Waals surface area contributed by atoms with E-state index in [0.29, 0.717) is 27.1 Å². The lowest BCUT2D eigenvalue weighted by Crippen LogP contribution is -2.19. The van der Waals surface area contributed by atoms with Crippen LogP contribution in [0.4, 0.5) is 15.8 Å². The van der Waals surface area contributed by atoms with Crippen LogP contribution in [0.15, 0.2) is 62.8 Å². The molecule has 1 fully saturated rings. The van der Waals surface area contributed by atoms with Crippen LogP contribution in [0.5, 0.6) is 0 Å². The molecule has 0 unspecified atom stereocenters. The summed E-state index contributed by atoms with van der Waals surface area (Å²) >= 11 is 13.1. The number of nitro benzene ring substituents is 1. The summed E-state index contributed by atoms with van der Waals surface area (Å²) in [7, 11) is 0. The Morgan fingerprint density at radius 3 is 2.58 bits per heavy atom. The van der Waals surface area contributed by atoms with Crippen molar-refractivity contribution in [2.45, 2.75) is 0 Å². The molecule has 1 N–H and O–H groups in total. The summed E-state index contributed by atoms with van der Waals surface area (Å²) < 4.78 is 18.7. The summed E-state index contributed by atoms with van der Waals surface area (Å²) in [5, 5.41) is 14.2. The number of nitro groups is 1. The molecule has 3 aromatic rings. The fourth-order valence-electron chi connectivity index (χ4n) is 2.68. The zero-order chi connectivity index (χ0) is 22.1. The number of aliphatic imine (C=N–C) groups is 1. The average molecular weight is 478 g/mol. The van der Waals surface area contributed by atoms with Gasteiger partial charge >= 0.3 is 0 Å². The number of hydrogen-bond donors (Lipinski definition) is 1. The van der Waals surface area contributed by atoms with Crippen LogP contribution >= 0.6 is 35.0 Å². The maximum absolute atomic E-state index is 13.0. The van der Waals surface area contributed by atoms with E-state index < -0.39 is 4.92 Å². The summed E-state index contributed by atoms with van der Waals surface area (Å²) in [6.45, 7) is 0. The van der Waals surface area contributed by atoms with Gasteiger partial charge in [0.25, 0.3) is 11.6 Å². The lowest BCUT2D eigenvalue weighted by molar-refractivity contribution is -0.384. The summed E-state index contributed by atoms with van der Waals surface area (Å²) in [6, 6.07) is 11.2. The molecular weight excluding hydrogens is 468 g/mol. The van der Waals surface area contributed by atoms with E-state index in [1.807, 2.05) is 0 Å². The molecule has 156 valence electrons. The van der Waals surface area contributed by atoms with E-state index in [0.717, 1.165) is 11.8 Å². The standard InChI is InChI=1S/C20H10Cl2FN3O4S/c21-14-9-15(22)16(26(28)29)8-13(14)17-6-5-12(30-17)7-18-19(27)25-20(31-18)24-11-3-1-10(23)2-4-11/h1-9H,(H,24,25,27)/b18-7+. The Labute approximate surface area is 188 Å². The van der Waals surface area contributed by atoms with Gasteiger partial charge in [0, 0.05) is 17.7 Å². The quantitative estimate of drug-likeness (QED) is 0.274. The Morgan fingerprint density at radius 2 is 1.87 bits per heavy atom. The molecule has 11 heteroatoms. The van der Waals surface area contributed by atoms with Gasteiger partial charge in [0.15, 0.2) is 5.17 Å². The zero-order valence-electron chi connectivity index (χ0n) is 15.3. The van der Waals surface area contributed by atoms with Crippen LogP contribution in [0.25, 0.3) is 17.4 Å². The first kappa shape index (κ1) is 21.1. The molecule has 1 saturated heterocycles. The third-order valence-electron chi connectivity index (χ3n) is 4.11. The Balaban J connectivity index is 1.59. The normalized spacial score (nSPS) is 16.2. The van der Waals surface area contributed by atoms with Gasteiger partial charge in [-0.3, -0.25) is 14.9 Å². The second kappa shape index (κ2) is 8.54. The number of benzene rings is 2. The topological polar surface area (TPSA) is 97.7 Å². The van der Waals surface area contributed by atoms with E-state index in [9.17, 15) is 19.3 Å². The highest BCUT2D eigenvalue weighted by Gasteiger charge is 2.25. The fraction of sp³-hybridized carbons (Fsp3) is 0. The largest absolute Gasteiger partial charge is 0.457 e. The Bertz CT molecular complexity index is 1270. The Kier molecular flexibility index (Phi) is 5.81. The van der Waals surface area contributed by atoms with Gasteiger partial charge in [-0.1, -0.05) is 23.2 Å². The van der Waals surface area contributed by atoms with Crippen molar-refractivity contribution in [1.29, 1.82) is 0 Å². The fourth-order valence-corrected chi connectivity index (χ4v) is 4.05. The molecule has 0 atom stereocenters. The van der Waals surface area contributed by atoms with Crippen molar-refractivity contribution >= 4 is 63.5 Å². The minimum absolute atomic E-state index is 0.0837. The van der Waals surface area contributed by atoms with Crippen LogP contribution in [-0.2, 0) is 4.79 Å². The molecule has 2 aromatic carbocycles. The molecule has 1 amide bonds. The number of nitrogens with zero attached hydrogens (tertiary/aromatic N) is 2. The number of amidine groups is 1. The van der Waals surface area contributed by atoms with Crippen LogP contribution in [-0.4, -0.2) is 16.0 Å². The van der Waals surface area contributed by atoms with Crippen LogP contribution in [0.2, 0.25) is 10.0 Å². The van der Waals surface area contributed by atoms with E-state index in [1.54, 1.807) is 12.1 Å². The van der Waals surface area contributed by atoms with Crippen molar-refractivity contribution in [3.05, 3.63) is 85.2 Å². The van der Waals surface area contributed by atoms with Crippen LogP contribution in [0.1, 0.15) is 5.76 Å². The molecule has 2 heterocycles. The monoisotopic (exact) mass is 477 g/mol. The number of hydrogen-bond acceptors (Lipinski definition) is 6. The third kappa shape index (κ3) is 4.63.